The molecule has 2 heterocycles. The second-order valence-electron chi connectivity index (χ2n) is 12.5. The number of nitrogens with zero attached hydrogens (tertiary/aromatic N) is 4. The van der Waals surface area contributed by atoms with Crippen LogP contribution in [0.3, 0.4) is 0 Å². The number of hydrogen-bond acceptors (Lipinski definition) is 3. The van der Waals surface area contributed by atoms with Crippen molar-refractivity contribution in [2.45, 2.75) is 0 Å². The van der Waals surface area contributed by atoms with Crippen molar-refractivity contribution in [1.29, 1.82) is 0 Å². The maximum atomic E-state index is 4.97. The van der Waals surface area contributed by atoms with Gasteiger partial charge in [-0.05, 0) is 63.3 Å². The maximum Gasteiger partial charge on any atom is 0.164 e. The van der Waals surface area contributed by atoms with E-state index in [0.29, 0.717) is 17.5 Å². The van der Waals surface area contributed by atoms with Crippen LogP contribution in [0.5, 0.6) is 0 Å². The summed E-state index contributed by atoms with van der Waals surface area (Å²) in [7, 11) is 0. The molecular weight excluding hydrogens is 597 g/mol. The minimum absolute atomic E-state index is 0.643. The molecule has 0 amide bonds. The van der Waals surface area contributed by atoms with Crippen molar-refractivity contribution < 1.29 is 0 Å². The van der Waals surface area contributed by atoms with E-state index in [2.05, 4.69) is 114 Å². The third kappa shape index (κ3) is 4.42. The number of aromatic nitrogens is 4. The predicted octanol–water partition coefficient (Wildman–Crippen LogP) is 11.4. The SMILES string of the molecule is c1ccc(-c2nc(-c3ccccc3)nc(-c3ccc(-n4c5cc6ccccc6cc5c5c6ccccc6c6ccccc6c54)cc3)n2)cc1. The Hall–Kier alpha value is -6.65. The molecule has 0 spiro atoms. The number of rotatable bonds is 4. The van der Waals surface area contributed by atoms with Crippen molar-refractivity contribution in [2.24, 2.45) is 0 Å². The van der Waals surface area contributed by atoms with Crippen molar-refractivity contribution in [3.8, 4) is 39.9 Å². The summed E-state index contributed by atoms with van der Waals surface area (Å²) in [5, 5.41) is 10.00. The molecule has 0 bridgehead atoms. The summed E-state index contributed by atoms with van der Waals surface area (Å²) < 4.78 is 2.44. The van der Waals surface area contributed by atoms with Crippen LogP contribution in [-0.4, -0.2) is 19.5 Å². The van der Waals surface area contributed by atoms with E-state index in [4.69, 9.17) is 15.0 Å². The molecule has 8 aromatic carbocycles. The minimum Gasteiger partial charge on any atom is -0.309 e. The molecule has 0 aliphatic carbocycles. The lowest BCUT2D eigenvalue weighted by Crippen LogP contribution is -2.00. The fourth-order valence-corrected chi connectivity index (χ4v) is 7.33. The molecule has 0 aliphatic rings. The molecule has 4 heteroatoms. The highest BCUT2D eigenvalue weighted by molar-refractivity contribution is 6.32. The first-order valence-electron chi connectivity index (χ1n) is 16.5. The molecule has 4 nitrogen and oxygen atoms in total. The summed E-state index contributed by atoms with van der Waals surface area (Å²) in [6, 6.07) is 59.8. The molecule has 10 aromatic rings. The Balaban J connectivity index is 1.23. The Morgan fingerprint density at radius 3 is 1.39 bits per heavy atom. The molecule has 0 saturated heterocycles. The van der Waals surface area contributed by atoms with Crippen LogP contribution in [-0.2, 0) is 0 Å². The second-order valence-corrected chi connectivity index (χ2v) is 12.5. The average Bonchev–Trinajstić information content (AvgIpc) is 3.52. The summed E-state index contributed by atoms with van der Waals surface area (Å²) in [6.45, 7) is 0. The first-order valence-corrected chi connectivity index (χ1v) is 16.5. The quantitative estimate of drug-likeness (QED) is 0.183. The Kier molecular flexibility index (Phi) is 6.15. The summed E-state index contributed by atoms with van der Waals surface area (Å²) in [5.74, 6) is 1.95. The fourth-order valence-electron chi connectivity index (χ4n) is 7.33. The predicted molar refractivity (Wildman–Crippen MR) is 203 cm³/mol. The summed E-state index contributed by atoms with van der Waals surface area (Å²) in [4.78, 5) is 14.8. The Morgan fingerprint density at radius 2 is 0.796 bits per heavy atom. The van der Waals surface area contributed by atoms with Crippen LogP contribution in [0.2, 0.25) is 0 Å². The van der Waals surface area contributed by atoms with Crippen LogP contribution < -0.4 is 0 Å². The van der Waals surface area contributed by atoms with E-state index in [0.717, 1.165) is 22.4 Å². The zero-order valence-corrected chi connectivity index (χ0v) is 26.5. The topological polar surface area (TPSA) is 43.6 Å². The number of benzene rings is 8. The summed E-state index contributed by atoms with van der Waals surface area (Å²) in [5.41, 5.74) is 6.32. The molecule has 49 heavy (non-hydrogen) atoms. The molecule has 0 unspecified atom stereocenters. The van der Waals surface area contributed by atoms with E-state index in [1.54, 1.807) is 0 Å². The van der Waals surface area contributed by atoms with Gasteiger partial charge in [-0.15, -0.1) is 0 Å². The second kappa shape index (κ2) is 11.0. The highest BCUT2D eigenvalue weighted by atomic mass is 15.0. The lowest BCUT2D eigenvalue weighted by Gasteiger charge is -2.13. The standard InChI is InChI=1S/C45H28N4/c1-3-13-29(14-4-1)43-46-44(30-15-5-2-6-16-30)48-45(47-43)31-23-25-34(26-24-31)49-40-28-33-18-8-7-17-32(33)27-39(40)41-37-21-11-9-19-35(37)36-20-10-12-22-38(36)42(41)49/h1-28H. The van der Waals surface area contributed by atoms with Crippen LogP contribution in [0.1, 0.15) is 0 Å². The van der Waals surface area contributed by atoms with Gasteiger partial charge in [0.25, 0.3) is 0 Å². The molecule has 10 rings (SSSR count). The van der Waals surface area contributed by atoms with Crippen LogP contribution in [0.4, 0.5) is 0 Å². The summed E-state index contributed by atoms with van der Waals surface area (Å²) in [6.07, 6.45) is 0. The molecule has 0 fully saturated rings. The lowest BCUT2D eigenvalue weighted by atomic mass is 9.96. The molecule has 228 valence electrons. The monoisotopic (exact) mass is 624 g/mol. The van der Waals surface area contributed by atoms with Gasteiger partial charge < -0.3 is 4.57 Å². The molecule has 0 atom stereocenters. The van der Waals surface area contributed by atoms with Crippen LogP contribution in [0.25, 0.3) is 94.0 Å². The smallest absolute Gasteiger partial charge is 0.164 e. The fraction of sp³-hybridized carbons (Fsp3) is 0. The van der Waals surface area contributed by atoms with Gasteiger partial charge in [-0.1, -0.05) is 133 Å². The van der Waals surface area contributed by atoms with Crippen molar-refractivity contribution in [3.05, 3.63) is 170 Å². The Bertz CT molecular complexity index is 2800. The Labute approximate surface area is 282 Å². The van der Waals surface area contributed by atoms with Gasteiger partial charge in [0, 0.05) is 38.5 Å². The van der Waals surface area contributed by atoms with Crippen LogP contribution >= 0.6 is 0 Å². The van der Waals surface area contributed by atoms with Crippen molar-refractivity contribution in [3.63, 3.8) is 0 Å². The van der Waals surface area contributed by atoms with Gasteiger partial charge in [-0.25, -0.2) is 15.0 Å². The van der Waals surface area contributed by atoms with Crippen molar-refractivity contribution in [2.75, 3.05) is 0 Å². The van der Waals surface area contributed by atoms with Crippen LogP contribution in [0.15, 0.2) is 170 Å². The lowest BCUT2D eigenvalue weighted by molar-refractivity contribution is 1.07. The molecule has 0 N–H and O–H groups in total. The van der Waals surface area contributed by atoms with E-state index in [1.165, 1.54) is 54.1 Å². The number of hydrogen-bond donors (Lipinski definition) is 0. The van der Waals surface area contributed by atoms with E-state index in [9.17, 15) is 0 Å². The van der Waals surface area contributed by atoms with Gasteiger partial charge in [0.1, 0.15) is 0 Å². The first-order chi connectivity index (χ1) is 24.3. The van der Waals surface area contributed by atoms with Crippen molar-refractivity contribution >= 4 is 54.1 Å². The van der Waals surface area contributed by atoms with Gasteiger partial charge in [-0.2, -0.15) is 0 Å². The van der Waals surface area contributed by atoms with Gasteiger partial charge >= 0.3 is 0 Å². The highest BCUT2D eigenvalue weighted by Gasteiger charge is 2.20. The van der Waals surface area contributed by atoms with E-state index in [-0.39, 0.29) is 0 Å². The molecule has 0 aliphatic heterocycles. The molecule has 0 saturated carbocycles. The van der Waals surface area contributed by atoms with Gasteiger partial charge in [0.2, 0.25) is 0 Å². The van der Waals surface area contributed by atoms with Gasteiger partial charge in [0.05, 0.1) is 11.0 Å². The Morgan fingerprint density at radius 1 is 0.347 bits per heavy atom. The minimum atomic E-state index is 0.643. The normalized spacial score (nSPS) is 11.7. The van der Waals surface area contributed by atoms with Crippen molar-refractivity contribution in [1.82, 2.24) is 19.5 Å². The van der Waals surface area contributed by atoms with E-state index < -0.39 is 0 Å². The van der Waals surface area contributed by atoms with Gasteiger partial charge in [-0.3, -0.25) is 0 Å². The average molecular weight is 625 g/mol. The third-order valence-electron chi connectivity index (χ3n) is 9.59. The molecule has 0 radical (unpaired) electrons. The van der Waals surface area contributed by atoms with E-state index >= 15 is 0 Å². The largest absolute Gasteiger partial charge is 0.309 e. The first kappa shape index (κ1) is 27.5. The maximum absolute atomic E-state index is 4.97. The van der Waals surface area contributed by atoms with Crippen LogP contribution in [0, 0.1) is 0 Å². The zero-order valence-electron chi connectivity index (χ0n) is 26.5. The highest BCUT2D eigenvalue weighted by Crippen LogP contribution is 2.43. The van der Waals surface area contributed by atoms with E-state index in [1.807, 2.05) is 60.7 Å². The zero-order chi connectivity index (χ0) is 32.3. The molecular formula is C45H28N4. The third-order valence-corrected chi connectivity index (χ3v) is 9.59. The molecule has 2 aromatic heterocycles. The summed E-state index contributed by atoms with van der Waals surface area (Å²) >= 11 is 0. The van der Waals surface area contributed by atoms with Gasteiger partial charge in [0.15, 0.2) is 17.5 Å². The number of fused-ring (bicyclic) bond motifs is 9.